The first kappa shape index (κ1) is 27.6. The Kier molecular flexibility index (Phi) is 12.4. The Morgan fingerprint density at radius 2 is 1.52 bits per heavy atom. The summed E-state index contributed by atoms with van der Waals surface area (Å²) in [5.41, 5.74) is 0. The largest absolute Gasteiger partial charge is 0.339 e. The van der Waals surface area contributed by atoms with Crippen LogP contribution < -0.4 is 0 Å². The van der Waals surface area contributed by atoms with E-state index in [0.29, 0.717) is 17.9 Å². The van der Waals surface area contributed by atoms with E-state index in [1.54, 1.807) is 0 Å². The quantitative estimate of drug-likeness (QED) is 0.611. The predicted molar refractivity (Wildman–Crippen MR) is 124 cm³/mol. The van der Waals surface area contributed by atoms with Crippen LogP contribution in [0.4, 0.5) is 0 Å². The molecular formula is C24H47N3O2. The lowest BCUT2D eigenvalue weighted by atomic mass is 10.0. The second-order valence-electron chi connectivity index (χ2n) is 9.50. The maximum Gasteiger partial charge on any atom is 0.230 e. The highest BCUT2D eigenvalue weighted by Crippen LogP contribution is 2.24. The second-order valence-corrected chi connectivity index (χ2v) is 9.50. The van der Waals surface area contributed by atoms with E-state index in [1.807, 2.05) is 46.4 Å². The highest BCUT2D eigenvalue weighted by Gasteiger charge is 2.30. The number of nitrogens with zero attached hydrogens (tertiary/aromatic N) is 3. The van der Waals surface area contributed by atoms with Crippen LogP contribution in [0, 0.1) is 17.8 Å². The molecule has 2 aliphatic rings. The van der Waals surface area contributed by atoms with Gasteiger partial charge in [-0.1, -0.05) is 49.0 Å². The highest BCUT2D eigenvalue weighted by molar-refractivity contribution is 6.00. The van der Waals surface area contributed by atoms with Gasteiger partial charge in [-0.05, 0) is 45.4 Å². The third-order valence-electron chi connectivity index (χ3n) is 5.16. The van der Waals surface area contributed by atoms with Gasteiger partial charge in [0.2, 0.25) is 11.8 Å². The smallest absolute Gasteiger partial charge is 0.230 e. The normalized spacial score (nSPS) is 20.6. The zero-order valence-electron chi connectivity index (χ0n) is 19.5. The number of aliphatic imine (C=N–C) groups is 1. The molecule has 5 nitrogen and oxygen atoms in total. The van der Waals surface area contributed by atoms with Crippen LogP contribution in [0.1, 0.15) is 94.9 Å². The molecule has 0 aromatic carbocycles. The average molecular weight is 410 g/mol. The summed E-state index contributed by atoms with van der Waals surface area (Å²) in [5, 5.41) is 0. The fourth-order valence-corrected chi connectivity index (χ4v) is 3.89. The molecule has 5 heteroatoms. The number of amides is 2. The minimum atomic E-state index is 0. The SMILES string of the molecule is C.CC(C)CC1CCCN1C(=O)C(C)C.CC(C)N=C1CCCN1C(=O)C(C)C. The highest BCUT2D eigenvalue weighted by atomic mass is 16.2. The maximum absolute atomic E-state index is 11.9. The van der Waals surface area contributed by atoms with Crippen molar-refractivity contribution < 1.29 is 9.59 Å². The minimum Gasteiger partial charge on any atom is -0.339 e. The summed E-state index contributed by atoms with van der Waals surface area (Å²) in [6.45, 7) is 18.2. The van der Waals surface area contributed by atoms with Gasteiger partial charge in [0.1, 0.15) is 5.84 Å². The van der Waals surface area contributed by atoms with E-state index in [-0.39, 0.29) is 31.2 Å². The van der Waals surface area contributed by atoms with Gasteiger partial charge in [0.25, 0.3) is 0 Å². The van der Waals surface area contributed by atoms with Crippen molar-refractivity contribution in [3.05, 3.63) is 0 Å². The molecule has 0 N–H and O–H groups in total. The number of carbonyl (C=O) groups is 2. The van der Waals surface area contributed by atoms with Gasteiger partial charge in [0.05, 0.1) is 0 Å². The van der Waals surface area contributed by atoms with Crippen molar-refractivity contribution >= 4 is 17.6 Å². The molecule has 0 aromatic heterocycles. The molecule has 0 saturated carbocycles. The fourth-order valence-electron chi connectivity index (χ4n) is 3.89. The van der Waals surface area contributed by atoms with Gasteiger partial charge in [0.15, 0.2) is 0 Å². The van der Waals surface area contributed by atoms with Crippen LogP contribution in [-0.4, -0.2) is 52.6 Å². The number of amidine groups is 1. The van der Waals surface area contributed by atoms with Crippen LogP contribution in [0.3, 0.4) is 0 Å². The molecule has 29 heavy (non-hydrogen) atoms. The third-order valence-corrected chi connectivity index (χ3v) is 5.16. The lowest BCUT2D eigenvalue weighted by molar-refractivity contribution is -0.135. The van der Waals surface area contributed by atoms with Gasteiger partial charge < -0.3 is 9.80 Å². The lowest BCUT2D eigenvalue weighted by Crippen LogP contribution is -2.38. The molecule has 170 valence electrons. The summed E-state index contributed by atoms with van der Waals surface area (Å²) in [5.74, 6) is 2.46. The zero-order chi connectivity index (χ0) is 21.4. The molecule has 2 aliphatic heterocycles. The molecule has 1 unspecified atom stereocenters. The van der Waals surface area contributed by atoms with Gasteiger partial charge in [-0.25, -0.2) is 0 Å². The van der Waals surface area contributed by atoms with E-state index in [0.717, 1.165) is 31.8 Å². The van der Waals surface area contributed by atoms with Crippen molar-refractivity contribution in [1.29, 1.82) is 0 Å². The van der Waals surface area contributed by atoms with Crippen molar-refractivity contribution in [3.63, 3.8) is 0 Å². The van der Waals surface area contributed by atoms with Crippen LogP contribution in [0.15, 0.2) is 4.99 Å². The van der Waals surface area contributed by atoms with Crippen LogP contribution in [0.25, 0.3) is 0 Å². The number of likely N-dealkylation sites (tertiary alicyclic amines) is 2. The predicted octanol–water partition coefficient (Wildman–Crippen LogP) is 5.39. The molecule has 2 rings (SSSR count). The Bertz CT molecular complexity index is 538. The number of rotatable bonds is 5. The molecule has 0 aromatic rings. The third kappa shape index (κ3) is 8.88. The van der Waals surface area contributed by atoms with Crippen LogP contribution in [-0.2, 0) is 9.59 Å². The maximum atomic E-state index is 11.9. The van der Waals surface area contributed by atoms with Gasteiger partial charge in [-0.2, -0.15) is 0 Å². The van der Waals surface area contributed by atoms with E-state index in [1.165, 1.54) is 19.3 Å². The van der Waals surface area contributed by atoms with Gasteiger partial charge in [-0.3, -0.25) is 14.6 Å². The van der Waals surface area contributed by atoms with Crippen molar-refractivity contribution in [2.24, 2.45) is 22.7 Å². The summed E-state index contributed by atoms with van der Waals surface area (Å²) in [6, 6.07) is 0.801. The van der Waals surface area contributed by atoms with Crippen LogP contribution >= 0.6 is 0 Å². The Balaban J connectivity index is 0.000000523. The fraction of sp³-hybridized carbons (Fsp3) is 0.875. The minimum absolute atomic E-state index is 0. The van der Waals surface area contributed by atoms with E-state index in [9.17, 15) is 9.59 Å². The van der Waals surface area contributed by atoms with Crippen molar-refractivity contribution in [3.8, 4) is 0 Å². The van der Waals surface area contributed by atoms with E-state index < -0.39 is 0 Å². The molecule has 2 heterocycles. The molecule has 0 aliphatic carbocycles. The topological polar surface area (TPSA) is 53.0 Å². The van der Waals surface area contributed by atoms with Crippen molar-refractivity contribution in [2.75, 3.05) is 13.1 Å². The molecule has 0 radical (unpaired) electrons. The molecular weight excluding hydrogens is 362 g/mol. The molecule has 1 atom stereocenters. The summed E-state index contributed by atoms with van der Waals surface area (Å²) in [6.07, 6.45) is 5.58. The van der Waals surface area contributed by atoms with E-state index in [4.69, 9.17) is 0 Å². The first-order valence-electron chi connectivity index (χ1n) is 11.2. The first-order chi connectivity index (χ1) is 13.0. The van der Waals surface area contributed by atoms with Crippen molar-refractivity contribution in [2.45, 2.75) is 107 Å². The summed E-state index contributed by atoms with van der Waals surface area (Å²) >= 11 is 0. The monoisotopic (exact) mass is 409 g/mol. The van der Waals surface area contributed by atoms with E-state index >= 15 is 0 Å². The Hall–Kier alpha value is -1.39. The number of hydrogen-bond donors (Lipinski definition) is 0. The van der Waals surface area contributed by atoms with Crippen molar-refractivity contribution in [1.82, 2.24) is 9.80 Å². The number of carbonyl (C=O) groups excluding carboxylic acids is 2. The second kappa shape index (κ2) is 13.0. The van der Waals surface area contributed by atoms with Crippen LogP contribution in [0.5, 0.6) is 0 Å². The molecule has 2 fully saturated rings. The molecule has 0 spiro atoms. The molecule has 0 bridgehead atoms. The average Bonchev–Trinajstić information content (AvgIpc) is 3.22. The summed E-state index contributed by atoms with van der Waals surface area (Å²) in [4.78, 5) is 32.1. The summed E-state index contributed by atoms with van der Waals surface area (Å²) < 4.78 is 0. The summed E-state index contributed by atoms with van der Waals surface area (Å²) in [7, 11) is 0. The zero-order valence-corrected chi connectivity index (χ0v) is 19.5. The Labute approximate surface area is 180 Å². The van der Waals surface area contributed by atoms with Gasteiger partial charge >= 0.3 is 0 Å². The van der Waals surface area contributed by atoms with Gasteiger partial charge in [-0.15, -0.1) is 0 Å². The Morgan fingerprint density at radius 3 is 2.00 bits per heavy atom. The lowest BCUT2D eigenvalue weighted by Gasteiger charge is -2.27. The molecule has 2 saturated heterocycles. The van der Waals surface area contributed by atoms with Crippen LogP contribution in [0.2, 0.25) is 0 Å². The first-order valence-corrected chi connectivity index (χ1v) is 11.2. The molecule has 2 amide bonds. The standard InChI is InChI=1S/C12H23NO.C11H20N2O.CH4/c1-9(2)8-11-6-5-7-13(11)12(14)10(3)4;1-8(2)11(14)13-7-5-6-10(13)12-9(3)4;/h9-11H,5-8H2,1-4H3;8-9H,5-7H2,1-4H3;1H4. The number of hydrogen-bond acceptors (Lipinski definition) is 3. The van der Waals surface area contributed by atoms with Gasteiger partial charge in [0, 0.05) is 43.4 Å². The van der Waals surface area contributed by atoms with E-state index in [2.05, 4.69) is 23.7 Å². The Morgan fingerprint density at radius 1 is 0.931 bits per heavy atom.